The Bertz CT molecular complexity index is 1180. The standard InChI is InChI=1S/C20H23N5O4S/c1-3-24(4-2)30(28,29)17-10-11-20(27)23(14-17)15-19(26)21-18-12-13-25(22-18)16-8-6-5-7-9-16/h5-14H,3-4,15H2,1-2H3,(H,21,22,26). The summed E-state index contributed by atoms with van der Waals surface area (Å²) in [7, 11) is -3.74. The number of hydrogen-bond donors (Lipinski definition) is 1. The van der Waals surface area contributed by atoms with E-state index >= 15 is 0 Å². The molecule has 0 fully saturated rings. The van der Waals surface area contributed by atoms with E-state index in [4.69, 9.17) is 0 Å². The molecule has 0 aliphatic carbocycles. The molecule has 0 unspecified atom stereocenters. The van der Waals surface area contributed by atoms with E-state index in [1.807, 2.05) is 30.3 Å². The molecule has 0 aliphatic heterocycles. The van der Waals surface area contributed by atoms with Gasteiger partial charge in [0.15, 0.2) is 5.82 Å². The van der Waals surface area contributed by atoms with E-state index < -0.39 is 21.5 Å². The van der Waals surface area contributed by atoms with Gasteiger partial charge in [0.2, 0.25) is 15.9 Å². The summed E-state index contributed by atoms with van der Waals surface area (Å²) in [6.07, 6.45) is 2.90. The van der Waals surface area contributed by atoms with Crippen LogP contribution in [0.4, 0.5) is 5.82 Å². The molecule has 0 aliphatic rings. The van der Waals surface area contributed by atoms with Crippen molar-refractivity contribution < 1.29 is 13.2 Å². The van der Waals surface area contributed by atoms with E-state index in [9.17, 15) is 18.0 Å². The van der Waals surface area contributed by atoms with Gasteiger partial charge in [-0.05, 0) is 18.2 Å². The van der Waals surface area contributed by atoms with Gasteiger partial charge in [0.05, 0.1) is 10.6 Å². The number of benzene rings is 1. The number of pyridine rings is 1. The van der Waals surface area contributed by atoms with Crippen LogP contribution in [0.15, 0.2) is 70.6 Å². The molecule has 1 aromatic carbocycles. The quantitative estimate of drug-likeness (QED) is 0.587. The molecule has 2 aromatic heterocycles. The summed E-state index contributed by atoms with van der Waals surface area (Å²) in [4.78, 5) is 24.5. The number of sulfonamides is 1. The van der Waals surface area contributed by atoms with Crippen LogP contribution in [0.5, 0.6) is 0 Å². The Balaban J connectivity index is 1.76. The first-order chi connectivity index (χ1) is 14.3. The van der Waals surface area contributed by atoms with Crippen LogP contribution < -0.4 is 10.9 Å². The molecule has 10 heteroatoms. The van der Waals surface area contributed by atoms with E-state index in [1.165, 1.54) is 16.6 Å². The lowest BCUT2D eigenvalue weighted by atomic mass is 10.3. The van der Waals surface area contributed by atoms with Gasteiger partial charge in [0.25, 0.3) is 5.56 Å². The van der Waals surface area contributed by atoms with Gasteiger partial charge in [-0.15, -0.1) is 0 Å². The third-order valence-electron chi connectivity index (χ3n) is 4.49. The molecule has 0 saturated carbocycles. The molecule has 3 rings (SSSR count). The highest BCUT2D eigenvalue weighted by atomic mass is 32.2. The monoisotopic (exact) mass is 429 g/mol. The molecule has 158 valence electrons. The first-order valence-electron chi connectivity index (χ1n) is 9.46. The molecule has 1 N–H and O–H groups in total. The number of rotatable bonds is 8. The third-order valence-corrected chi connectivity index (χ3v) is 6.52. The van der Waals surface area contributed by atoms with Crippen molar-refractivity contribution in [3.8, 4) is 5.69 Å². The summed E-state index contributed by atoms with van der Waals surface area (Å²) in [5, 5.41) is 6.90. The van der Waals surface area contributed by atoms with Crippen molar-refractivity contribution in [2.24, 2.45) is 0 Å². The van der Waals surface area contributed by atoms with Gasteiger partial charge in [0, 0.05) is 37.6 Å². The van der Waals surface area contributed by atoms with Gasteiger partial charge < -0.3 is 9.88 Å². The average Bonchev–Trinajstić information content (AvgIpc) is 3.19. The van der Waals surface area contributed by atoms with Crippen LogP contribution in [0.25, 0.3) is 5.69 Å². The van der Waals surface area contributed by atoms with Crippen molar-refractivity contribution in [3.63, 3.8) is 0 Å². The van der Waals surface area contributed by atoms with E-state index in [-0.39, 0.29) is 11.4 Å². The number of amides is 1. The third kappa shape index (κ3) is 4.66. The van der Waals surface area contributed by atoms with E-state index in [1.54, 1.807) is 30.8 Å². The lowest BCUT2D eigenvalue weighted by molar-refractivity contribution is -0.116. The largest absolute Gasteiger partial charge is 0.308 e. The zero-order valence-corrected chi connectivity index (χ0v) is 17.5. The second-order valence-electron chi connectivity index (χ2n) is 6.45. The number of nitrogens with one attached hydrogen (secondary N) is 1. The molecule has 0 atom stereocenters. The number of carbonyl (C=O) groups is 1. The van der Waals surface area contributed by atoms with Crippen molar-refractivity contribution >= 4 is 21.7 Å². The maximum atomic E-state index is 12.7. The molecule has 30 heavy (non-hydrogen) atoms. The van der Waals surface area contributed by atoms with Gasteiger partial charge in [0.1, 0.15) is 6.54 Å². The number of anilines is 1. The van der Waals surface area contributed by atoms with E-state index in [0.29, 0.717) is 18.9 Å². The summed E-state index contributed by atoms with van der Waals surface area (Å²) < 4.78 is 29.3. The first-order valence-corrected chi connectivity index (χ1v) is 10.9. The normalized spacial score (nSPS) is 11.6. The SMILES string of the molecule is CCN(CC)S(=O)(=O)c1ccc(=O)n(CC(=O)Nc2ccn(-c3ccccc3)n2)c1. The Labute approximate surface area is 174 Å². The lowest BCUT2D eigenvalue weighted by Crippen LogP contribution is -2.33. The van der Waals surface area contributed by atoms with Gasteiger partial charge in [-0.2, -0.15) is 9.40 Å². The number of carbonyl (C=O) groups excluding carboxylic acids is 1. The molecule has 0 saturated heterocycles. The highest BCUT2D eigenvalue weighted by molar-refractivity contribution is 7.89. The predicted molar refractivity (Wildman–Crippen MR) is 113 cm³/mol. The molecule has 0 bridgehead atoms. The minimum absolute atomic E-state index is 0.0352. The molecule has 2 heterocycles. The van der Waals surface area contributed by atoms with Crippen molar-refractivity contribution in [2.45, 2.75) is 25.3 Å². The van der Waals surface area contributed by atoms with Crippen LogP contribution >= 0.6 is 0 Å². The van der Waals surface area contributed by atoms with Crippen LogP contribution in [0.3, 0.4) is 0 Å². The highest BCUT2D eigenvalue weighted by Gasteiger charge is 2.22. The Kier molecular flexibility index (Phi) is 6.48. The first kappa shape index (κ1) is 21.5. The van der Waals surface area contributed by atoms with Crippen LogP contribution in [0, 0.1) is 0 Å². The number of hydrogen-bond acceptors (Lipinski definition) is 5. The zero-order valence-electron chi connectivity index (χ0n) is 16.7. The van der Waals surface area contributed by atoms with E-state index in [2.05, 4.69) is 10.4 Å². The Morgan fingerprint density at radius 3 is 2.43 bits per heavy atom. The second-order valence-corrected chi connectivity index (χ2v) is 8.39. The predicted octanol–water partition coefficient (Wildman–Crippen LogP) is 1.70. The fraction of sp³-hybridized carbons (Fsp3) is 0.250. The summed E-state index contributed by atoms with van der Waals surface area (Å²) in [6, 6.07) is 13.4. The number of aromatic nitrogens is 3. The van der Waals surface area contributed by atoms with Gasteiger partial charge in [-0.1, -0.05) is 32.0 Å². The van der Waals surface area contributed by atoms with Crippen molar-refractivity contribution in [1.29, 1.82) is 0 Å². The minimum atomic E-state index is -3.74. The zero-order chi connectivity index (χ0) is 21.7. The number of nitrogens with zero attached hydrogens (tertiary/aromatic N) is 4. The minimum Gasteiger partial charge on any atom is -0.308 e. The summed E-state index contributed by atoms with van der Waals surface area (Å²) in [6.45, 7) is 3.75. The van der Waals surface area contributed by atoms with Crippen molar-refractivity contribution in [3.05, 3.63) is 71.3 Å². The Morgan fingerprint density at radius 1 is 1.07 bits per heavy atom. The molecule has 3 aromatic rings. The fourth-order valence-electron chi connectivity index (χ4n) is 2.95. The maximum Gasteiger partial charge on any atom is 0.251 e. The summed E-state index contributed by atoms with van der Waals surface area (Å²) in [5.41, 5.74) is 0.363. The van der Waals surface area contributed by atoms with Gasteiger partial charge in [-0.25, -0.2) is 13.1 Å². The molecule has 0 radical (unpaired) electrons. The van der Waals surface area contributed by atoms with Crippen molar-refractivity contribution in [2.75, 3.05) is 18.4 Å². The molecular formula is C20H23N5O4S. The average molecular weight is 430 g/mol. The Hall–Kier alpha value is -3.24. The number of para-hydroxylation sites is 1. The maximum absolute atomic E-state index is 12.7. The molecule has 9 nitrogen and oxygen atoms in total. The second kappa shape index (κ2) is 9.06. The topological polar surface area (TPSA) is 106 Å². The van der Waals surface area contributed by atoms with Crippen LogP contribution in [0.2, 0.25) is 0 Å². The smallest absolute Gasteiger partial charge is 0.251 e. The lowest BCUT2D eigenvalue weighted by Gasteiger charge is -2.18. The van der Waals surface area contributed by atoms with E-state index in [0.717, 1.165) is 16.3 Å². The molecular weight excluding hydrogens is 406 g/mol. The van der Waals surface area contributed by atoms with Gasteiger partial charge >= 0.3 is 0 Å². The summed E-state index contributed by atoms with van der Waals surface area (Å²) >= 11 is 0. The molecule has 0 spiro atoms. The van der Waals surface area contributed by atoms with Crippen LogP contribution in [0.1, 0.15) is 13.8 Å². The Morgan fingerprint density at radius 2 is 1.77 bits per heavy atom. The van der Waals surface area contributed by atoms with Crippen molar-refractivity contribution in [1.82, 2.24) is 18.7 Å². The van der Waals surface area contributed by atoms with Crippen LogP contribution in [-0.2, 0) is 21.4 Å². The fourth-order valence-corrected chi connectivity index (χ4v) is 4.43. The molecule has 1 amide bonds. The highest BCUT2D eigenvalue weighted by Crippen LogP contribution is 2.14. The summed E-state index contributed by atoms with van der Waals surface area (Å²) in [5.74, 6) is -0.170. The van der Waals surface area contributed by atoms with Crippen LogP contribution in [-0.4, -0.2) is 46.1 Å². The van der Waals surface area contributed by atoms with Gasteiger partial charge in [-0.3, -0.25) is 9.59 Å².